The Hall–Kier alpha value is -2.63. The van der Waals surface area contributed by atoms with Gasteiger partial charge in [0, 0.05) is 44.3 Å². The van der Waals surface area contributed by atoms with Crippen LogP contribution in [0.25, 0.3) is 0 Å². The van der Waals surface area contributed by atoms with Crippen molar-refractivity contribution in [3.63, 3.8) is 0 Å². The van der Waals surface area contributed by atoms with E-state index in [0.29, 0.717) is 19.1 Å². The SMILES string of the molecule is Cc1cc(C)cc(C(=O)N2CCN(c3ccc(N4CCCCC4C)nn3)CC2)c1. The smallest absolute Gasteiger partial charge is 0.253 e. The molecular weight excluding hydrogens is 362 g/mol. The Morgan fingerprint density at radius 3 is 2.17 bits per heavy atom. The molecule has 0 saturated carbocycles. The van der Waals surface area contributed by atoms with Gasteiger partial charge in [-0.15, -0.1) is 10.2 Å². The van der Waals surface area contributed by atoms with Gasteiger partial charge < -0.3 is 14.7 Å². The van der Waals surface area contributed by atoms with Crippen LogP contribution in [-0.4, -0.2) is 59.8 Å². The van der Waals surface area contributed by atoms with Crippen molar-refractivity contribution in [2.45, 2.75) is 46.1 Å². The van der Waals surface area contributed by atoms with Crippen molar-refractivity contribution in [1.29, 1.82) is 0 Å². The van der Waals surface area contributed by atoms with Crippen LogP contribution >= 0.6 is 0 Å². The monoisotopic (exact) mass is 393 g/mol. The zero-order valence-corrected chi connectivity index (χ0v) is 17.8. The predicted octanol–water partition coefficient (Wildman–Crippen LogP) is 3.43. The van der Waals surface area contributed by atoms with Gasteiger partial charge in [-0.3, -0.25) is 4.79 Å². The molecule has 29 heavy (non-hydrogen) atoms. The standard InChI is InChI=1S/C23H31N5O/c1-17-14-18(2)16-20(15-17)23(29)27-12-10-26(11-13-27)21-7-8-22(25-24-21)28-9-5-4-6-19(28)3/h7-8,14-16,19H,4-6,9-13H2,1-3H3. The predicted molar refractivity (Wildman–Crippen MR) is 117 cm³/mol. The number of carbonyl (C=O) groups excluding carboxylic acids is 1. The molecule has 1 aromatic carbocycles. The minimum Gasteiger partial charge on any atom is -0.352 e. The molecule has 0 N–H and O–H groups in total. The molecule has 1 atom stereocenters. The van der Waals surface area contributed by atoms with Gasteiger partial charge in [0.05, 0.1) is 0 Å². The van der Waals surface area contributed by atoms with Gasteiger partial charge in [-0.25, -0.2) is 0 Å². The highest BCUT2D eigenvalue weighted by molar-refractivity contribution is 5.94. The summed E-state index contributed by atoms with van der Waals surface area (Å²) in [4.78, 5) is 19.4. The lowest BCUT2D eigenvalue weighted by molar-refractivity contribution is 0.0746. The van der Waals surface area contributed by atoms with Crippen LogP contribution in [0.4, 0.5) is 11.6 Å². The highest BCUT2D eigenvalue weighted by atomic mass is 16.2. The molecule has 4 rings (SSSR count). The Labute approximate surface area is 173 Å². The highest BCUT2D eigenvalue weighted by Crippen LogP contribution is 2.24. The van der Waals surface area contributed by atoms with Crippen molar-refractivity contribution in [3.05, 3.63) is 47.0 Å². The van der Waals surface area contributed by atoms with E-state index in [1.165, 1.54) is 19.3 Å². The van der Waals surface area contributed by atoms with Crippen LogP contribution in [0.15, 0.2) is 30.3 Å². The first-order valence-electron chi connectivity index (χ1n) is 10.7. The van der Waals surface area contributed by atoms with E-state index in [1.54, 1.807) is 0 Å². The molecule has 2 aliphatic heterocycles. The number of nitrogens with zero attached hydrogens (tertiary/aromatic N) is 5. The van der Waals surface area contributed by atoms with E-state index in [4.69, 9.17) is 0 Å². The van der Waals surface area contributed by atoms with Gasteiger partial charge in [-0.1, -0.05) is 17.2 Å². The molecule has 3 heterocycles. The lowest BCUT2D eigenvalue weighted by Crippen LogP contribution is -2.49. The third-order valence-corrected chi connectivity index (χ3v) is 6.09. The van der Waals surface area contributed by atoms with Gasteiger partial charge in [-0.2, -0.15) is 0 Å². The van der Waals surface area contributed by atoms with Crippen molar-refractivity contribution >= 4 is 17.5 Å². The van der Waals surface area contributed by atoms with E-state index in [-0.39, 0.29) is 5.91 Å². The number of hydrogen-bond donors (Lipinski definition) is 0. The van der Waals surface area contributed by atoms with E-state index in [1.807, 2.05) is 30.9 Å². The molecule has 6 heteroatoms. The molecule has 2 fully saturated rings. The van der Waals surface area contributed by atoms with E-state index >= 15 is 0 Å². The van der Waals surface area contributed by atoms with Gasteiger partial charge in [-0.05, 0) is 64.3 Å². The summed E-state index contributed by atoms with van der Waals surface area (Å²) in [5.41, 5.74) is 3.05. The second-order valence-corrected chi connectivity index (χ2v) is 8.44. The largest absolute Gasteiger partial charge is 0.352 e. The fourth-order valence-corrected chi connectivity index (χ4v) is 4.50. The number of aryl methyl sites for hydroxylation is 2. The molecular formula is C23H31N5O. The molecule has 0 spiro atoms. The third kappa shape index (κ3) is 4.36. The Morgan fingerprint density at radius 2 is 1.55 bits per heavy atom. The van der Waals surface area contributed by atoms with Gasteiger partial charge in [0.15, 0.2) is 11.6 Å². The molecule has 0 radical (unpaired) electrons. The lowest BCUT2D eigenvalue weighted by Gasteiger charge is -2.36. The van der Waals surface area contributed by atoms with Crippen LogP contribution in [0.1, 0.15) is 47.7 Å². The number of hydrogen-bond acceptors (Lipinski definition) is 5. The number of piperidine rings is 1. The zero-order chi connectivity index (χ0) is 20.4. The fraction of sp³-hybridized carbons (Fsp3) is 0.522. The Bertz CT molecular complexity index is 838. The summed E-state index contributed by atoms with van der Waals surface area (Å²) >= 11 is 0. The first-order valence-corrected chi connectivity index (χ1v) is 10.7. The maximum Gasteiger partial charge on any atom is 0.253 e. The number of benzene rings is 1. The number of piperazine rings is 1. The van der Waals surface area contributed by atoms with Crippen molar-refractivity contribution < 1.29 is 4.79 Å². The molecule has 0 bridgehead atoms. The number of amides is 1. The average molecular weight is 394 g/mol. The summed E-state index contributed by atoms with van der Waals surface area (Å²) in [6.07, 6.45) is 3.75. The van der Waals surface area contributed by atoms with Crippen LogP contribution < -0.4 is 9.80 Å². The second-order valence-electron chi connectivity index (χ2n) is 8.44. The summed E-state index contributed by atoms with van der Waals surface area (Å²) in [7, 11) is 0. The Balaban J connectivity index is 1.37. The topological polar surface area (TPSA) is 52.6 Å². The molecule has 1 unspecified atom stereocenters. The average Bonchev–Trinajstić information content (AvgIpc) is 2.73. The van der Waals surface area contributed by atoms with Crippen molar-refractivity contribution in [2.75, 3.05) is 42.5 Å². The number of aromatic nitrogens is 2. The summed E-state index contributed by atoms with van der Waals surface area (Å²) in [5.74, 6) is 2.00. The maximum absolute atomic E-state index is 12.9. The van der Waals surface area contributed by atoms with E-state index in [9.17, 15) is 4.79 Å². The van der Waals surface area contributed by atoms with E-state index < -0.39 is 0 Å². The third-order valence-electron chi connectivity index (χ3n) is 6.09. The summed E-state index contributed by atoms with van der Waals surface area (Å²) in [5, 5.41) is 9.00. The van der Waals surface area contributed by atoms with Crippen LogP contribution in [0.5, 0.6) is 0 Å². The highest BCUT2D eigenvalue weighted by Gasteiger charge is 2.24. The maximum atomic E-state index is 12.9. The molecule has 154 valence electrons. The number of anilines is 2. The van der Waals surface area contributed by atoms with E-state index in [0.717, 1.165) is 48.0 Å². The molecule has 2 saturated heterocycles. The normalized spacial score (nSPS) is 20.1. The Kier molecular flexibility index (Phi) is 5.69. The van der Waals surface area contributed by atoms with Gasteiger partial charge in [0.25, 0.3) is 5.91 Å². The first kappa shape index (κ1) is 19.7. The van der Waals surface area contributed by atoms with Gasteiger partial charge in [0.2, 0.25) is 0 Å². The quantitative estimate of drug-likeness (QED) is 0.800. The zero-order valence-electron chi connectivity index (χ0n) is 17.8. The van der Waals surface area contributed by atoms with E-state index in [2.05, 4.69) is 45.1 Å². The first-order chi connectivity index (χ1) is 14.0. The molecule has 0 aliphatic carbocycles. The molecule has 6 nitrogen and oxygen atoms in total. The van der Waals surface area contributed by atoms with Gasteiger partial charge in [0.1, 0.15) is 0 Å². The molecule has 1 amide bonds. The molecule has 2 aromatic rings. The Morgan fingerprint density at radius 1 is 0.897 bits per heavy atom. The lowest BCUT2D eigenvalue weighted by atomic mass is 10.0. The fourth-order valence-electron chi connectivity index (χ4n) is 4.50. The number of carbonyl (C=O) groups is 1. The van der Waals surface area contributed by atoms with Crippen LogP contribution in [-0.2, 0) is 0 Å². The minimum atomic E-state index is 0.122. The van der Waals surface area contributed by atoms with Crippen LogP contribution in [0.2, 0.25) is 0 Å². The molecule has 2 aliphatic rings. The van der Waals surface area contributed by atoms with Crippen molar-refractivity contribution in [3.8, 4) is 0 Å². The molecule has 1 aromatic heterocycles. The second kappa shape index (κ2) is 8.39. The minimum absolute atomic E-state index is 0.122. The number of rotatable bonds is 3. The van der Waals surface area contributed by atoms with Gasteiger partial charge >= 0.3 is 0 Å². The van der Waals surface area contributed by atoms with Crippen molar-refractivity contribution in [2.24, 2.45) is 0 Å². The van der Waals surface area contributed by atoms with Crippen LogP contribution in [0, 0.1) is 13.8 Å². The van der Waals surface area contributed by atoms with Crippen molar-refractivity contribution in [1.82, 2.24) is 15.1 Å². The summed E-state index contributed by atoms with van der Waals surface area (Å²) < 4.78 is 0. The van der Waals surface area contributed by atoms with Crippen LogP contribution in [0.3, 0.4) is 0 Å². The summed E-state index contributed by atoms with van der Waals surface area (Å²) in [6.45, 7) is 10.4. The summed E-state index contributed by atoms with van der Waals surface area (Å²) in [6, 6.07) is 10.8.